The lowest BCUT2D eigenvalue weighted by Crippen LogP contribution is -2.14. The van der Waals surface area contributed by atoms with Crippen LogP contribution in [-0.2, 0) is 0 Å². The Kier molecular flexibility index (Phi) is 4.21. The first-order chi connectivity index (χ1) is 6.49. The highest BCUT2D eigenvalue weighted by molar-refractivity contribution is 9.11. The molecule has 0 saturated carbocycles. The van der Waals surface area contributed by atoms with Crippen molar-refractivity contribution in [1.29, 1.82) is 0 Å². The quantitative estimate of drug-likeness (QED) is 0.722. The van der Waals surface area contributed by atoms with E-state index in [1.165, 1.54) is 0 Å². The van der Waals surface area contributed by atoms with Crippen LogP contribution in [0.2, 0.25) is 5.02 Å². The third kappa shape index (κ3) is 2.23. The van der Waals surface area contributed by atoms with Gasteiger partial charge in [0.25, 0.3) is 0 Å². The van der Waals surface area contributed by atoms with Gasteiger partial charge >= 0.3 is 0 Å². The van der Waals surface area contributed by atoms with Gasteiger partial charge in [0, 0.05) is 10.0 Å². The Balaban J connectivity index is 3.33. The van der Waals surface area contributed by atoms with Gasteiger partial charge in [0.15, 0.2) is 0 Å². The summed E-state index contributed by atoms with van der Waals surface area (Å²) in [5.41, 5.74) is 6.03. The van der Waals surface area contributed by atoms with E-state index in [4.69, 9.17) is 22.4 Å². The fraction of sp³-hybridized carbons (Fsp3) is 0.250. The zero-order chi connectivity index (χ0) is 10.9. The first-order valence-corrected chi connectivity index (χ1v) is 5.68. The molecule has 0 fully saturated rings. The normalized spacial score (nSPS) is 12.9. The van der Waals surface area contributed by atoms with Gasteiger partial charge in [0.05, 0.1) is 22.1 Å². The smallest absolute Gasteiger partial charge is 0.136 e. The molecule has 1 atom stereocenters. The number of hydrogen-bond donors (Lipinski definition) is 3. The van der Waals surface area contributed by atoms with E-state index in [-0.39, 0.29) is 12.4 Å². The second kappa shape index (κ2) is 4.81. The number of aliphatic hydroxyl groups excluding tert-OH is 1. The first-order valence-electron chi connectivity index (χ1n) is 3.71. The van der Waals surface area contributed by atoms with Crippen molar-refractivity contribution in [2.75, 3.05) is 6.61 Å². The van der Waals surface area contributed by atoms with Gasteiger partial charge in [-0.1, -0.05) is 11.6 Å². The summed E-state index contributed by atoms with van der Waals surface area (Å²) in [6, 6.07) is 0.961. The minimum absolute atomic E-state index is 0.0419. The molecule has 3 nitrogen and oxygen atoms in total. The highest BCUT2D eigenvalue weighted by Gasteiger charge is 2.17. The van der Waals surface area contributed by atoms with E-state index in [1.54, 1.807) is 6.07 Å². The average molecular weight is 345 g/mol. The summed E-state index contributed by atoms with van der Waals surface area (Å²) < 4.78 is 0.982. The molecular weight excluding hydrogens is 337 g/mol. The standard InChI is InChI=1S/C8H8Br2ClNO2/c9-4-1-3(5(12)2-13)8(14)6(10)7(4)11/h1,5,13-14H,2,12H2/t5-/m0/s1. The highest BCUT2D eigenvalue weighted by atomic mass is 79.9. The molecule has 0 heterocycles. The number of aromatic hydroxyl groups is 1. The molecule has 6 heteroatoms. The van der Waals surface area contributed by atoms with Gasteiger partial charge in [-0.05, 0) is 37.9 Å². The molecule has 0 aliphatic heterocycles. The molecule has 0 amide bonds. The summed E-state index contributed by atoms with van der Waals surface area (Å²) in [7, 11) is 0. The number of rotatable bonds is 2. The van der Waals surface area contributed by atoms with Gasteiger partial charge in [-0.3, -0.25) is 0 Å². The Morgan fingerprint density at radius 1 is 1.50 bits per heavy atom. The van der Waals surface area contributed by atoms with E-state index < -0.39 is 6.04 Å². The second-order valence-electron chi connectivity index (χ2n) is 2.71. The Morgan fingerprint density at radius 2 is 2.07 bits per heavy atom. The Labute approximate surface area is 103 Å². The molecule has 0 saturated heterocycles. The number of hydrogen-bond acceptors (Lipinski definition) is 3. The van der Waals surface area contributed by atoms with Gasteiger partial charge in [0.2, 0.25) is 0 Å². The molecule has 1 aromatic rings. The van der Waals surface area contributed by atoms with Crippen LogP contribution in [0.4, 0.5) is 0 Å². The second-order valence-corrected chi connectivity index (χ2v) is 4.74. The van der Waals surface area contributed by atoms with Crippen LogP contribution in [0.1, 0.15) is 11.6 Å². The third-order valence-corrected chi connectivity index (χ3v) is 4.01. The number of phenols is 1. The third-order valence-electron chi connectivity index (χ3n) is 1.76. The van der Waals surface area contributed by atoms with Crippen LogP contribution in [-0.4, -0.2) is 16.8 Å². The lowest BCUT2D eigenvalue weighted by molar-refractivity contribution is 0.265. The van der Waals surface area contributed by atoms with E-state index >= 15 is 0 Å². The minimum atomic E-state index is -0.625. The van der Waals surface area contributed by atoms with E-state index in [1.807, 2.05) is 0 Å². The van der Waals surface area contributed by atoms with E-state index in [0.717, 1.165) is 0 Å². The highest BCUT2D eigenvalue weighted by Crippen LogP contribution is 2.41. The average Bonchev–Trinajstić information content (AvgIpc) is 2.19. The molecule has 14 heavy (non-hydrogen) atoms. The van der Waals surface area contributed by atoms with Crippen LogP contribution in [0, 0.1) is 0 Å². The van der Waals surface area contributed by atoms with Crippen LogP contribution in [0.3, 0.4) is 0 Å². The van der Waals surface area contributed by atoms with Gasteiger partial charge in [-0.25, -0.2) is 0 Å². The van der Waals surface area contributed by atoms with Crippen molar-refractivity contribution in [2.45, 2.75) is 6.04 Å². The molecule has 1 rings (SSSR count). The lowest BCUT2D eigenvalue weighted by atomic mass is 10.1. The van der Waals surface area contributed by atoms with Crippen molar-refractivity contribution in [3.63, 3.8) is 0 Å². The van der Waals surface area contributed by atoms with E-state index in [2.05, 4.69) is 31.9 Å². The van der Waals surface area contributed by atoms with Crippen LogP contribution in [0.15, 0.2) is 15.0 Å². The number of nitrogens with two attached hydrogens (primary N) is 1. The maximum absolute atomic E-state index is 9.66. The molecule has 1 aromatic carbocycles. The lowest BCUT2D eigenvalue weighted by Gasteiger charge is -2.13. The van der Waals surface area contributed by atoms with Crippen molar-refractivity contribution in [3.05, 3.63) is 25.6 Å². The predicted octanol–water partition coefficient (Wildman–Crippen LogP) is 2.56. The summed E-state index contributed by atoms with van der Waals surface area (Å²) in [4.78, 5) is 0. The SMILES string of the molecule is N[C@@H](CO)c1cc(Br)c(Cl)c(Br)c1O. The molecule has 78 valence electrons. The summed E-state index contributed by atoms with van der Waals surface area (Å²) >= 11 is 12.2. The molecule has 0 radical (unpaired) electrons. The Bertz CT molecular complexity index is 360. The van der Waals surface area contributed by atoms with Crippen molar-refractivity contribution in [2.24, 2.45) is 5.73 Å². The summed E-state index contributed by atoms with van der Waals surface area (Å²) in [5.74, 6) is -0.0419. The predicted molar refractivity (Wildman–Crippen MR) is 62.5 cm³/mol. The number of halogens is 3. The van der Waals surface area contributed by atoms with Gasteiger partial charge in [-0.15, -0.1) is 0 Å². The van der Waals surface area contributed by atoms with Crippen molar-refractivity contribution in [1.82, 2.24) is 0 Å². The van der Waals surface area contributed by atoms with Crippen LogP contribution >= 0.6 is 43.5 Å². The zero-order valence-corrected chi connectivity index (χ0v) is 10.9. The zero-order valence-electron chi connectivity index (χ0n) is 6.97. The maximum atomic E-state index is 9.66. The van der Waals surface area contributed by atoms with Crippen LogP contribution in [0.5, 0.6) is 5.75 Å². The molecule has 0 aromatic heterocycles. The fourth-order valence-corrected chi connectivity index (χ4v) is 2.28. The number of aliphatic hydroxyl groups is 1. The molecule has 0 bridgehead atoms. The van der Waals surface area contributed by atoms with E-state index in [0.29, 0.717) is 19.5 Å². The molecular formula is C8H8Br2ClNO2. The van der Waals surface area contributed by atoms with Crippen molar-refractivity contribution < 1.29 is 10.2 Å². The summed E-state index contributed by atoms with van der Waals surface area (Å²) in [6.45, 7) is -0.242. The molecule has 0 aliphatic rings. The van der Waals surface area contributed by atoms with Crippen molar-refractivity contribution in [3.8, 4) is 5.75 Å². The van der Waals surface area contributed by atoms with Gasteiger partial charge in [-0.2, -0.15) is 0 Å². The molecule has 0 spiro atoms. The summed E-state index contributed by atoms with van der Waals surface area (Å²) in [6.07, 6.45) is 0. The molecule has 0 unspecified atom stereocenters. The first kappa shape index (κ1) is 12.3. The molecule has 4 N–H and O–H groups in total. The maximum Gasteiger partial charge on any atom is 0.136 e. The van der Waals surface area contributed by atoms with Crippen molar-refractivity contribution >= 4 is 43.5 Å². The Morgan fingerprint density at radius 3 is 2.57 bits per heavy atom. The van der Waals surface area contributed by atoms with Crippen LogP contribution in [0.25, 0.3) is 0 Å². The van der Waals surface area contributed by atoms with Crippen LogP contribution < -0.4 is 5.73 Å². The van der Waals surface area contributed by atoms with Gasteiger partial charge in [0.1, 0.15) is 5.75 Å². The topological polar surface area (TPSA) is 66.5 Å². The molecule has 0 aliphatic carbocycles. The fourth-order valence-electron chi connectivity index (χ4n) is 0.985. The monoisotopic (exact) mass is 343 g/mol. The number of phenolic OH excluding ortho intramolecular Hbond substituents is 1. The summed E-state index contributed by atoms with van der Waals surface area (Å²) in [5, 5.41) is 18.9. The Hall–Kier alpha value is 0.190. The van der Waals surface area contributed by atoms with E-state index in [9.17, 15) is 5.11 Å². The number of benzene rings is 1. The largest absolute Gasteiger partial charge is 0.506 e. The minimum Gasteiger partial charge on any atom is -0.506 e. The van der Waals surface area contributed by atoms with Gasteiger partial charge < -0.3 is 15.9 Å².